The molecule has 28 heavy (non-hydrogen) atoms. The molecule has 6 nitrogen and oxygen atoms in total. The molecule has 0 saturated heterocycles. The Bertz CT molecular complexity index is 1160. The lowest BCUT2D eigenvalue weighted by Crippen LogP contribution is -2.14. The van der Waals surface area contributed by atoms with Crippen molar-refractivity contribution < 1.29 is 9.21 Å². The number of hydrogen-bond donors (Lipinski definition) is 1. The number of rotatable bonds is 4. The molecule has 1 N–H and O–H groups in total. The number of aromatic nitrogens is 3. The van der Waals surface area contributed by atoms with Crippen LogP contribution in [0.4, 0.5) is 5.69 Å². The molecule has 0 bridgehead atoms. The van der Waals surface area contributed by atoms with Crippen LogP contribution in [0.1, 0.15) is 41.4 Å². The van der Waals surface area contributed by atoms with Gasteiger partial charge in [0.25, 0.3) is 5.91 Å². The summed E-state index contributed by atoms with van der Waals surface area (Å²) >= 11 is 0. The van der Waals surface area contributed by atoms with Crippen LogP contribution in [0.3, 0.4) is 0 Å². The first-order valence-corrected chi connectivity index (χ1v) is 9.25. The van der Waals surface area contributed by atoms with Gasteiger partial charge in [-0.25, -0.2) is 9.67 Å². The van der Waals surface area contributed by atoms with Gasteiger partial charge in [0.15, 0.2) is 11.4 Å². The van der Waals surface area contributed by atoms with E-state index in [9.17, 15) is 4.79 Å². The van der Waals surface area contributed by atoms with Gasteiger partial charge in [0.2, 0.25) is 0 Å². The summed E-state index contributed by atoms with van der Waals surface area (Å²) < 4.78 is 7.33. The van der Waals surface area contributed by atoms with Crippen molar-refractivity contribution in [1.29, 1.82) is 0 Å². The molecule has 0 fully saturated rings. The predicted molar refractivity (Wildman–Crippen MR) is 109 cm³/mol. The number of fused-ring (bicyclic) bond motifs is 1. The van der Waals surface area contributed by atoms with Crippen LogP contribution < -0.4 is 5.32 Å². The van der Waals surface area contributed by atoms with E-state index in [0.717, 1.165) is 16.8 Å². The third-order valence-corrected chi connectivity index (χ3v) is 4.72. The highest BCUT2D eigenvalue weighted by molar-refractivity contribution is 6.12. The van der Waals surface area contributed by atoms with Crippen LogP contribution in [0.25, 0.3) is 22.5 Å². The van der Waals surface area contributed by atoms with Crippen molar-refractivity contribution in [2.45, 2.75) is 33.7 Å². The standard InChI is InChI=1S/C22H22N4O2/c1-13(2)26-21-17(12-23-26)16(11-19(24-21)20-6-5-9-28-20)22(27)25-18-10-14(3)7-8-15(18)4/h5-13H,1-4H3,(H,25,27). The zero-order valence-electron chi connectivity index (χ0n) is 16.4. The number of nitrogens with one attached hydrogen (secondary N) is 1. The second kappa shape index (κ2) is 6.96. The number of pyridine rings is 1. The van der Waals surface area contributed by atoms with Crippen LogP contribution in [-0.4, -0.2) is 20.7 Å². The Hall–Kier alpha value is -3.41. The Labute approximate surface area is 163 Å². The van der Waals surface area contributed by atoms with Crippen molar-refractivity contribution in [3.05, 3.63) is 65.5 Å². The first kappa shape index (κ1) is 18.0. The van der Waals surface area contributed by atoms with E-state index in [1.807, 2.05) is 56.6 Å². The molecule has 0 atom stereocenters. The monoisotopic (exact) mass is 374 g/mol. The van der Waals surface area contributed by atoms with Crippen molar-refractivity contribution in [3.63, 3.8) is 0 Å². The Morgan fingerprint density at radius 1 is 1.18 bits per heavy atom. The molecule has 4 aromatic rings. The average molecular weight is 374 g/mol. The van der Waals surface area contributed by atoms with Crippen LogP contribution in [-0.2, 0) is 0 Å². The van der Waals surface area contributed by atoms with Gasteiger partial charge in [-0.1, -0.05) is 12.1 Å². The summed E-state index contributed by atoms with van der Waals surface area (Å²) in [6.45, 7) is 8.04. The minimum atomic E-state index is -0.197. The summed E-state index contributed by atoms with van der Waals surface area (Å²) in [5.41, 5.74) is 4.68. The summed E-state index contributed by atoms with van der Waals surface area (Å²) in [7, 11) is 0. The summed E-state index contributed by atoms with van der Waals surface area (Å²) in [6, 6.07) is 11.5. The van der Waals surface area contributed by atoms with Crippen LogP contribution in [0.2, 0.25) is 0 Å². The van der Waals surface area contributed by atoms with Gasteiger partial charge in [0.05, 0.1) is 23.4 Å². The van der Waals surface area contributed by atoms with Gasteiger partial charge in [-0.05, 0) is 63.1 Å². The molecule has 0 saturated carbocycles. The summed E-state index contributed by atoms with van der Waals surface area (Å²) in [4.78, 5) is 17.9. The van der Waals surface area contributed by atoms with E-state index in [-0.39, 0.29) is 11.9 Å². The van der Waals surface area contributed by atoms with Gasteiger partial charge in [-0.3, -0.25) is 4.79 Å². The average Bonchev–Trinajstić information content (AvgIpc) is 3.33. The number of benzene rings is 1. The molecule has 1 aromatic carbocycles. The van der Waals surface area contributed by atoms with Gasteiger partial charge in [0.1, 0.15) is 5.69 Å². The lowest BCUT2D eigenvalue weighted by Gasteiger charge is -2.12. The van der Waals surface area contributed by atoms with Crippen molar-refractivity contribution in [1.82, 2.24) is 14.8 Å². The topological polar surface area (TPSA) is 73.0 Å². The maximum absolute atomic E-state index is 13.2. The van der Waals surface area contributed by atoms with Crippen molar-refractivity contribution >= 4 is 22.6 Å². The molecule has 3 heterocycles. The molecule has 0 radical (unpaired) electrons. The maximum atomic E-state index is 13.2. The lowest BCUT2D eigenvalue weighted by atomic mass is 10.1. The van der Waals surface area contributed by atoms with Gasteiger partial charge >= 0.3 is 0 Å². The van der Waals surface area contributed by atoms with Crippen molar-refractivity contribution in [2.75, 3.05) is 5.32 Å². The number of aryl methyl sites for hydroxylation is 2. The van der Waals surface area contributed by atoms with Crippen LogP contribution in [0, 0.1) is 13.8 Å². The third-order valence-electron chi connectivity index (χ3n) is 4.72. The SMILES string of the molecule is Cc1ccc(C)c(NC(=O)c2cc(-c3ccco3)nc3c2cnn3C(C)C)c1. The second-order valence-corrected chi connectivity index (χ2v) is 7.23. The first-order valence-electron chi connectivity index (χ1n) is 9.25. The molecule has 0 spiro atoms. The highest BCUT2D eigenvalue weighted by Gasteiger charge is 2.20. The van der Waals surface area contributed by atoms with Gasteiger partial charge in [0, 0.05) is 11.7 Å². The van der Waals surface area contributed by atoms with E-state index in [1.165, 1.54) is 0 Å². The summed E-state index contributed by atoms with van der Waals surface area (Å²) in [5, 5.41) is 8.19. The van der Waals surface area contributed by atoms with E-state index >= 15 is 0 Å². The molecule has 1 amide bonds. The molecule has 0 aliphatic carbocycles. The fourth-order valence-electron chi connectivity index (χ4n) is 3.19. The van der Waals surface area contributed by atoms with E-state index in [2.05, 4.69) is 10.4 Å². The Balaban J connectivity index is 1.85. The molecular weight excluding hydrogens is 352 g/mol. The molecule has 0 aliphatic rings. The number of carbonyl (C=O) groups is 1. The highest BCUT2D eigenvalue weighted by Crippen LogP contribution is 2.27. The van der Waals surface area contributed by atoms with Crippen LogP contribution >= 0.6 is 0 Å². The van der Waals surface area contributed by atoms with E-state index in [0.29, 0.717) is 28.1 Å². The van der Waals surface area contributed by atoms with Gasteiger partial charge in [-0.15, -0.1) is 0 Å². The number of carbonyl (C=O) groups excluding carboxylic acids is 1. The minimum absolute atomic E-state index is 0.117. The first-order chi connectivity index (χ1) is 13.4. The number of anilines is 1. The van der Waals surface area contributed by atoms with Gasteiger partial charge in [-0.2, -0.15) is 5.10 Å². The molecule has 142 valence electrons. The van der Waals surface area contributed by atoms with E-state index in [4.69, 9.17) is 9.40 Å². The number of amides is 1. The minimum Gasteiger partial charge on any atom is -0.463 e. The molecule has 4 rings (SSSR count). The third kappa shape index (κ3) is 3.17. The molecule has 0 aliphatic heterocycles. The highest BCUT2D eigenvalue weighted by atomic mass is 16.3. The van der Waals surface area contributed by atoms with Gasteiger partial charge < -0.3 is 9.73 Å². The largest absolute Gasteiger partial charge is 0.463 e. The normalized spacial score (nSPS) is 11.3. The van der Waals surface area contributed by atoms with Crippen LogP contribution in [0.15, 0.2) is 53.3 Å². The summed E-state index contributed by atoms with van der Waals surface area (Å²) in [6.07, 6.45) is 3.29. The van der Waals surface area contributed by atoms with Crippen LogP contribution in [0.5, 0.6) is 0 Å². The molecule has 6 heteroatoms. The number of furan rings is 1. The quantitative estimate of drug-likeness (QED) is 0.537. The van der Waals surface area contributed by atoms with Crippen molar-refractivity contribution in [2.24, 2.45) is 0 Å². The zero-order valence-corrected chi connectivity index (χ0v) is 16.4. The second-order valence-electron chi connectivity index (χ2n) is 7.23. The Morgan fingerprint density at radius 2 is 2.00 bits per heavy atom. The zero-order chi connectivity index (χ0) is 19.8. The van der Waals surface area contributed by atoms with E-state index < -0.39 is 0 Å². The number of nitrogens with zero attached hydrogens (tertiary/aromatic N) is 3. The molecular formula is C22H22N4O2. The Morgan fingerprint density at radius 3 is 2.71 bits per heavy atom. The predicted octanol–water partition coefficient (Wildman–Crippen LogP) is 5.14. The number of hydrogen-bond acceptors (Lipinski definition) is 4. The summed E-state index contributed by atoms with van der Waals surface area (Å²) in [5.74, 6) is 0.413. The molecule has 3 aromatic heterocycles. The molecule has 0 unspecified atom stereocenters. The lowest BCUT2D eigenvalue weighted by molar-refractivity contribution is 0.102. The van der Waals surface area contributed by atoms with Crippen molar-refractivity contribution in [3.8, 4) is 11.5 Å². The Kier molecular flexibility index (Phi) is 4.47. The maximum Gasteiger partial charge on any atom is 0.256 e. The fourth-order valence-corrected chi connectivity index (χ4v) is 3.19. The smallest absolute Gasteiger partial charge is 0.256 e. The fraction of sp³-hybridized carbons (Fsp3) is 0.227. The van der Waals surface area contributed by atoms with E-state index in [1.54, 1.807) is 24.6 Å².